The summed E-state index contributed by atoms with van der Waals surface area (Å²) < 4.78 is 28.2. The zero-order valence-corrected chi connectivity index (χ0v) is 22.6. The summed E-state index contributed by atoms with van der Waals surface area (Å²) in [6.07, 6.45) is 0. The van der Waals surface area contributed by atoms with Gasteiger partial charge in [-0.05, 0) is 55.0 Å². The van der Waals surface area contributed by atoms with Crippen LogP contribution in [0.2, 0.25) is 15.1 Å². The quantitative estimate of drug-likeness (QED) is 0.393. The summed E-state index contributed by atoms with van der Waals surface area (Å²) in [7, 11) is -2.70. The first-order valence-corrected chi connectivity index (χ1v) is 13.4. The maximum absolute atomic E-state index is 13.7. The normalized spacial score (nSPS) is 12.0. The van der Waals surface area contributed by atoms with Crippen LogP contribution in [-0.4, -0.2) is 44.8 Å². The first kappa shape index (κ1) is 27.8. The maximum atomic E-state index is 13.7. The SMILES string of the molecule is CNC(=O)[C@@H](C)N(Cc1ccc(Cl)cc1Cl)C(=O)CN(c1cccc(Cl)c1)S(=O)(=O)c1ccccc1. The topological polar surface area (TPSA) is 86.8 Å². The van der Waals surface area contributed by atoms with Crippen LogP contribution in [0, 0.1) is 0 Å². The van der Waals surface area contributed by atoms with Gasteiger partial charge in [-0.15, -0.1) is 0 Å². The largest absolute Gasteiger partial charge is 0.357 e. The molecule has 3 aromatic carbocycles. The molecule has 7 nitrogen and oxygen atoms in total. The number of amides is 2. The van der Waals surface area contributed by atoms with Gasteiger partial charge in [0.05, 0.1) is 10.6 Å². The van der Waals surface area contributed by atoms with Crippen LogP contribution in [0.1, 0.15) is 12.5 Å². The van der Waals surface area contributed by atoms with E-state index < -0.39 is 34.4 Å². The molecule has 0 saturated carbocycles. The molecule has 0 aliphatic carbocycles. The molecule has 36 heavy (non-hydrogen) atoms. The fourth-order valence-corrected chi connectivity index (χ4v) is 5.58. The third-order valence-electron chi connectivity index (χ3n) is 5.48. The Balaban J connectivity index is 2.04. The first-order chi connectivity index (χ1) is 17.0. The molecule has 11 heteroatoms. The van der Waals surface area contributed by atoms with Crippen LogP contribution in [0.25, 0.3) is 0 Å². The fourth-order valence-electron chi connectivity index (χ4n) is 3.50. The van der Waals surface area contributed by atoms with E-state index in [0.717, 1.165) is 4.31 Å². The molecule has 0 heterocycles. The first-order valence-electron chi connectivity index (χ1n) is 10.8. The van der Waals surface area contributed by atoms with Gasteiger partial charge in [0.1, 0.15) is 12.6 Å². The Morgan fingerprint density at radius 1 is 0.917 bits per heavy atom. The van der Waals surface area contributed by atoms with Crippen LogP contribution in [0.5, 0.6) is 0 Å². The highest BCUT2D eigenvalue weighted by Gasteiger charge is 2.32. The van der Waals surface area contributed by atoms with Gasteiger partial charge >= 0.3 is 0 Å². The number of likely N-dealkylation sites (N-methyl/N-ethyl adjacent to an activating group) is 1. The van der Waals surface area contributed by atoms with Crippen molar-refractivity contribution in [2.75, 3.05) is 17.9 Å². The van der Waals surface area contributed by atoms with Gasteiger partial charge in [-0.1, -0.05) is 65.1 Å². The average Bonchev–Trinajstić information content (AvgIpc) is 2.86. The lowest BCUT2D eigenvalue weighted by molar-refractivity contribution is -0.139. The molecule has 1 atom stereocenters. The number of carbonyl (C=O) groups excluding carboxylic acids is 2. The fraction of sp³-hybridized carbons (Fsp3) is 0.200. The summed E-state index contributed by atoms with van der Waals surface area (Å²) in [6, 6.07) is 17.8. The smallest absolute Gasteiger partial charge is 0.264 e. The second-order valence-electron chi connectivity index (χ2n) is 7.85. The van der Waals surface area contributed by atoms with E-state index in [1.54, 1.807) is 55.5 Å². The van der Waals surface area contributed by atoms with Crippen molar-refractivity contribution in [3.05, 3.63) is 93.4 Å². The van der Waals surface area contributed by atoms with E-state index in [1.807, 2.05) is 0 Å². The van der Waals surface area contributed by atoms with Crippen molar-refractivity contribution in [2.45, 2.75) is 24.4 Å². The van der Waals surface area contributed by atoms with E-state index in [-0.39, 0.29) is 17.1 Å². The van der Waals surface area contributed by atoms with Gasteiger partial charge in [-0.25, -0.2) is 8.42 Å². The minimum atomic E-state index is -4.15. The Kier molecular flexibility index (Phi) is 9.24. The van der Waals surface area contributed by atoms with Gasteiger partial charge in [-0.2, -0.15) is 0 Å². The summed E-state index contributed by atoms with van der Waals surface area (Å²) in [5.74, 6) is -1.04. The number of benzene rings is 3. The Labute approximate surface area is 225 Å². The number of hydrogen-bond acceptors (Lipinski definition) is 4. The van der Waals surface area contributed by atoms with Gasteiger partial charge < -0.3 is 10.2 Å². The number of sulfonamides is 1. The van der Waals surface area contributed by atoms with Gasteiger partial charge in [0.25, 0.3) is 10.0 Å². The predicted molar refractivity (Wildman–Crippen MR) is 143 cm³/mol. The summed E-state index contributed by atoms with van der Waals surface area (Å²) in [5.41, 5.74) is 0.752. The molecule has 0 fully saturated rings. The molecule has 2 amide bonds. The van der Waals surface area contributed by atoms with E-state index >= 15 is 0 Å². The van der Waals surface area contributed by atoms with Crippen LogP contribution >= 0.6 is 34.8 Å². The van der Waals surface area contributed by atoms with E-state index in [9.17, 15) is 18.0 Å². The highest BCUT2D eigenvalue weighted by molar-refractivity contribution is 7.92. The van der Waals surface area contributed by atoms with Crippen LogP contribution in [0.4, 0.5) is 5.69 Å². The van der Waals surface area contributed by atoms with Crippen molar-refractivity contribution >= 4 is 62.3 Å². The van der Waals surface area contributed by atoms with Crippen molar-refractivity contribution in [1.82, 2.24) is 10.2 Å². The van der Waals surface area contributed by atoms with Crippen LogP contribution in [0.15, 0.2) is 77.7 Å². The maximum Gasteiger partial charge on any atom is 0.264 e. The van der Waals surface area contributed by atoms with E-state index in [4.69, 9.17) is 34.8 Å². The molecule has 3 aromatic rings. The molecular weight excluding hydrogens is 545 g/mol. The van der Waals surface area contributed by atoms with E-state index in [2.05, 4.69) is 5.32 Å². The number of halogens is 3. The monoisotopic (exact) mass is 567 g/mol. The molecule has 3 rings (SSSR count). The van der Waals surface area contributed by atoms with Gasteiger partial charge in [0.2, 0.25) is 11.8 Å². The highest BCUT2D eigenvalue weighted by atomic mass is 35.5. The highest BCUT2D eigenvalue weighted by Crippen LogP contribution is 2.27. The second-order valence-corrected chi connectivity index (χ2v) is 11.0. The molecule has 0 aliphatic heterocycles. The minimum absolute atomic E-state index is 0.00409. The van der Waals surface area contributed by atoms with Gasteiger partial charge in [-0.3, -0.25) is 13.9 Å². The van der Waals surface area contributed by atoms with Crippen LogP contribution in [-0.2, 0) is 26.2 Å². The lowest BCUT2D eigenvalue weighted by Gasteiger charge is -2.32. The van der Waals surface area contributed by atoms with E-state index in [0.29, 0.717) is 20.6 Å². The molecule has 0 saturated heterocycles. The number of carbonyl (C=O) groups is 2. The molecular formula is C25H24Cl3N3O4S. The van der Waals surface area contributed by atoms with Crippen molar-refractivity contribution < 1.29 is 18.0 Å². The van der Waals surface area contributed by atoms with Crippen molar-refractivity contribution in [1.29, 1.82) is 0 Å². The summed E-state index contributed by atoms with van der Waals surface area (Å²) >= 11 is 18.5. The number of nitrogens with zero attached hydrogens (tertiary/aromatic N) is 2. The average molecular weight is 569 g/mol. The molecule has 0 bridgehead atoms. The predicted octanol–water partition coefficient (Wildman–Crippen LogP) is 5.01. The molecule has 0 unspecified atom stereocenters. The Bertz CT molecular complexity index is 1350. The Morgan fingerprint density at radius 3 is 2.19 bits per heavy atom. The summed E-state index contributed by atoms with van der Waals surface area (Å²) in [5, 5.41) is 3.56. The number of anilines is 1. The Hall–Kier alpha value is -2.78. The standard InChI is InChI=1S/C25H24Cl3N3O4S/c1-17(25(33)29-2)30(15-18-11-12-20(27)14-23(18)28)24(32)16-31(21-8-6-7-19(26)13-21)36(34,35)22-9-4-3-5-10-22/h3-14,17H,15-16H2,1-2H3,(H,29,33)/t17-/m1/s1. The molecule has 0 radical (unpaired) electrons. The zero-order chi connectivity index (χ0) is 26.5. The summed E-state index contributed by atoms with van der Waals surface area (Å²) in [4.78, 5) is 27.4. The Morgan fingerprint density at radius 2 is 1.58 bits per heavy atom. The van der Waals surface area contributed by atoms with E-state index in [1.165, 1.54) is 36.2 Å². The molecule has 190 valence electrons. The third-order valence-corrected chi connectivity index (χ3v) is 8.09. The number of rotatable bonds is 9. The van der Waals surface area contributed by atoms with Crippen molar-refractivity contribution in [2.24, 2.45) is 0 Å². The summed E-state index contributed by atoms with van der Waals surface area (Å²) in [6.45, 7) is 0.929. The lowest BCUT2D eigenvalue weighted by atomic mass is 10.1. The molecule has 1 N–H and O–H groups in total. The van der Waals surface area contributed by atoms with Crippen molar-refractivity contribution in [3.63, 3.8) is 0 Å². The second kappa shape index (κ2) is 12.0. The molecule has 0 spiro atoms. The minimum Gasteiger partial charge on any atom is -0.357 e. The molecule has 0 aromatic heterocycles. The molecule has 0 aliphatic rings. The third kappa shape index (κ3) is 6.50. The van der Waals surface area contributed by atoms with Crippen LogP contribution < -0.4 is 9.62 Å². The number of hydrogen-bond donors (Lipinski definition) is 1. The van der Waals surface area contributed by atoms with Crippen LogP contribution in [0.3, 0.4) is 0 Å². The zero-order valence-electron chi connectivity index (χ0n) is 19.5. The van der Waals surface area contributed by atoms with Gasteiger partial charge in [0.15, 0.2) is 0 Å². The van der Waals surface area contributed by atoms with Gasteiger partial charge in [0, 0.05) is 28.7 Å². The van der Waals surface area contributed by atoms with Crippen molar-refractivity contribution in [3.8, 4) is 0 Å². The lowest BCUT2D eigenvalue weighted by Crippen LogP contribution is -2.50. The number of nitrogens with one attached hydrogen (secondary N) is 1.